The van der Waals surface area contributed by atoms with E-state index < -0.39 is 0 Å². The van der Waals surface area contributed by atoms with Gasteiger partial charge in [0.25, 0.3) is 0 Å². The van der Waals surface area contributed by atoms with Crippen LogP contribution < -0.4 is 0 Å². The van der Waals surface area contributed by atoms with E-state index in [0.29, 0.717) is 45.9 Å². The van der Waals surface area contributed by atoms with Gasteiger partial charge in [0.15, 0.2) is 0 Å². The second-order valence-corrected chi connectivity index (χ2v) is 18.3. The molecule has 55 heavy (non-hydrogen) atoms. The van der Waals surface area contributed by atoms with Gasteiger partial charge in [0.05, 0.1) is 54.9 Å². The number of hydrogen-bond acceptors (Lipinski definition) is 10. The molecule has 0 N–H and O–H groups in total. The predicted molar refractivity (Wildman–Crippen MR) is 219 cm³/mol. The summed E-state index contributed by atoms with van der Waals surface area (Å²) in [5, 5.41) is 0. The molecule has 0 bridgehead atoms. The van der Waals surface area contributed by atoms with E-state index in [0.717, 1.165) is 29.1 Å². The topological polar surface area (TPSA) is 73.8 Å². The Labute approximate surface area is 336 Å². The summed E-state index contributed by atoms with van der Waals surface area (Å²) in [4.78, 5) is 0. The van der Waals surface area contributed by atoms with Crippen molar-refractivity contribution in [3.63, 3.8) is 0 Å². The maximum atomic E-state index is 7.18. The monoisotopic (exact) mass is 788 g/mol. The molecule has 2 aromatic carbocycles. The summed E-state index contributed by atoms with van der Waals surface area (Å²) in [6.45, 7) is 6.88. The molecule has 7 rings (SSSR count). The Morgan fingerprint density at radius 3 is 2.15 bits per heavy atom. The standard InChI is InChI=1S/C45H56O8S2/c1-4-6-9-19-35-34(47-25-24-46-5-2)20-21-37-36(50-35)22-23-38-39(51-37)28-40-43(53-38)44(49-31-33-17-12-8-13-18-33)42(48-30-32-15-10-7-11-16-32)41(52-40)29-45(3)54-26-14-27-55-45/h1,6-13,15-18,20-23,34-44H,5,14,19,24-31H2,2-3H3/b9-6-/t34-,35+,36-,37+,38+,39-,40+,41-,42-,43-,44+/m0/s1. The molecule has 3 saturated heterocycles. The van der Waals surface area contributed by atoms with Gasteiger partial charge >= 0.3 is 0 Å². The highest BCUT2D eigenvalue weighted by Gasteiger charge is 2.54. The molecule has 0 aliphatic carbocycles. The lowest BCUT2D eigenvalue weighted by molar-refractivity contribution is -0.299. The molecule has 5 aliphatic rings. The van der Waals surface area contributed by atoms with Crippen molar-refractivity contribution in [2.75, 3.05) is 31.3 Å². The van der Waals surface area contributed by atoms with E-state index in [4.69, 9.17) is 44.3 Å². The first kappa shape index (κ1) is 40.8. The molecule has 5 aliphatic heterocycles. The van der Waals surface area contributed by atoms with E-state index >= 15 is 0 Å². The van der Waals surface area contributed by atoms with E-state index in [-0.39, 0.29) is 71.2 Å². The van der Waals surface area contributed by atoms with E-state index in [2.05, 4.69) is 85.7 Å². The SMILES string of the molecule is C#C/C=C\C[C@H]1O[C@H]2C=C[C@H]3O[C@@H]4[C@H](OCc5ccccc5)[C@@H](OCc5ccccc5)[C@H](CC5(C)SCCCS5)O[C@@H]4C[C@@H]3O[C@@H]2C=C[C@@H]1OCCOCC. The van der Waals surface area contributed by atoms with Gasteiger partial charge in [-0.2, -0.15) is 0 Å². The lowest BCUT2D eigenvalue weighted by Crippen LogP contribution is -2.65. The Balaban J connectivity index is 1.14. The van der Waals surface area contributed by atoms with Crippen molar-refractivity contribution in [1.82, 2.24) is 0 Å². The Morgan fingerprint density at radius 1 is 0.764 bits per heavy atom. The predicted octanol–water partition coefficient (Wildman–Crippen LogP) is 7.71. The summed E-state index contributed by atoms with van der Waals surface area (Å²) in [7, 11) is 0. The third-order valence-electron chi connectivity index (χ3n) is 10.8. The summed E-state index contributed by atoms with van der Waals surface area (Å²) < 4.78 is 53.6. The lowest BCUT2D eigenvalue weighted by Gasteiger charge is -2.52. The smallest absolute Gasteiger partial charge is 0.115 e. The van der Waals surface area contributed by atoms with Crippen LogP contribution in [0.2, 0.25) is 0 Å². The number of thioether (sulfide) groups is 2. The molecule has 11 atom stereocenters. The third-order valence-corrected chi connectivity index (χ3v) is 14.0. The van der Waals surface area contributed by atoms with Crippen molar-refractivity contribution >= 4 is 23.5 Å². The molecule has 10 heteroatoms. The first-order valence-corrected chi connectivity index (χ1v) is 21.9. The van der Waals surface area contributed by atoms with Crippen LogP contribution in [0.3, 0.4) is 0 Å². The van der Waals surface area contributed by atoms with Gasteiger partial charge in [-0.3, -0.25) is 0 Å². The first-order valence-electron chi connectivity index (χ1n) is 19.9. The van der Waals surface area contributed by atoms with Crippen molar-refractivity contribution in [3.05, 3.63) is 108 Å². The zero-order valence-electron chi connectivity index (χ0n) is 32.0. The Hall–Kier alpha value is -2.40. The molecule has 0 aromatic heterocycles. The van der Waals surface area contributed by atoms with Crippen LogP contribution in [-0.2, 0) is 51.1 Å². The largest absolute Gasteiger partial charge is 0.379 e. The van der Waals surface area contributed by atoms with Gasteiger partial charge in [-0.1, -0.05) is 97.0 Å². The van der Waals surface area contributed by atoms with E-state index in [9.17, 15) is 0 Å². The molecule has 0 saturated carbocycles. The van der Waals surface area contributed by atoms with E-state index in [1.807, 2.05) is 48.7 Å². The molecule has 5 heterocycles. The van der Waals surface area contributed by atoms with Crippen molar-refractivity contribution in [2.24, 2.45) is 0 Å². The van der Waals surface area contributed by atoms with Crippen LogP contribution in [0, 0.1) is 12.3 Å². The highest BCUT2D eigenvalue weighted by atomic mass is 32.2. The average Bonchev–Trinajstić information content (AvgIpc) is 3.47. The zero-order chi connectivity index (χ0) is 37.9. The van der Waals surface area contributed by atoms with E-state index in [1.165, 1.54) is 6.42 Å². The van der Waals surface area contributed by atoms with E-state index in [1.54, 1.807) is 6.08 Å². The number of allylic oxidation sites excluding steroid dienone is 1. The van der Waals surface area contributed by atoms with Gasteiger partial charge in [0, 0.05) is 13.0 Å². The third kappa shape index (κ3) is 11.0. The van der Waals surface area contributed by atoms with Crippen LogP contribution >= 0.6 is 23.5 Å². The van der Waals surface area contributed by atoms with Crippen LogP contribution in [0.5, 0.6) is 0 Å². The normalized spacial score (nSPS) is 34.2. The van der Waals surface area contributed by atoms with Crippen LogP contribution in [0.15, 0.2) is 97.1 Å². The van der Waals surface area contributed by atoms with Crippen molar-refractivity contribution in [2.45, 2.75) is 124 Å². The highest BCUT2D eigenvalue weighted by molar-refractivity contribution is 8.18. The van der Waals surface area contributed by atoms with Crippen molar-refractivity contribution < 1.29 is 37.9 Å². The summed E-state index contributed by atoms with van der Waals surface area (Å²) in [6, 6.07) is 20.7. The quantitative estimate of drug-likeness (QED) is 0.102. The molecule has 8 nitrogen and oxygen atoms in total. The van der Waals surface area contributed by atoms with Gasteiger partial charge in [0.2, 0.25) is 0 Å². The summed E-state index contributed by atoms with van der Waals surface area (Å²) in [6.07, 6.45) is 17.6. The molecule has 0 radical (unpaired) electrons. The second-order valence-electron chi connectivity index (χ2n) is 14.8. The van der Waals surface area contributed by atoms with Gasteiger partial charge in [0.1, 0.15) is 42.7 Å². The fourth-order valence-corrected chi connectivity index (χ4v) is 11.1. The summed E-state index contributed by atoms with van der Waals surface area (Å²) in [5.41, 5.74) is 2.22. The average molecular weight is 789 g/mol. The van der Waals surface area contributed by atoms with Crippen LogP contribution in [0.1, 0.15) is 50.7 Å². The van der Waals surface area contributed by atoms with Gasteiger partial charge in [-0.05, 0) is 61.8 Å². The van der Waals surface area contributed by atoms with Crippen LogP contribution in [0.4, 0.5) is 0 Å². The van der Waals surface area contributed by atoms with Crippen molar-refractivity contribution in [1.29, 1.82) is 0 Å². The van der Waals surface area contributed by atoms with Gasteiger partial charge in [-0.15, -0.1) is 29.9 Å². The molecule has 0 amide bonds. The minimum atomic E-state index is -0.365. The number of ether oxygens (including phenoxy) is 8. The van der Waals surface area contributed by atoms with Gasteiger partial charge in [-0.25, -0.2) is 0 Å². The molecule has 0 spiro atoms. The number of benzene rings is 2. The number of fused-ring (bicyclic) bond motifs is 3. The fraction of sp³-hybridized carbons (Fsp3) is 0.556. The first-order chi connectivity index (χ1) is 27.0. The molecule has 3 fully saturated rings. The fourth-order valence-electron chi connectivity index (χ4n) is 8.05. The van der Waals surface area contributed by atoms with Gasteiger partial charge < -0.3 is 37.9 Å². The number of hydrogen-bond donors (Lipinski definition) is 0. The minimum absolute atomic E-state index is 0.0105. The molecule has 2 aromatic rings. The Kier molecular flexibility index (Phi) is 15.1. The zero-order valence-corrected chi connectivity index (χ0v) is 33.7. The number of terminal acetylenes is 1. The maximum absolute atomic E-state index is 7.18. The molecular formula is C45H56O8S2. The Bertz CT molecular complexity index is 1590. The summed E-state index contributed by atoms with van der Waals surface area (Å²) in [5.74, 6) is 4.89. The second kappa shape index (κ2) is 20.3. The van der Waals surface area contributed by atoms with Crippen LogP contribution in [-0.4, -0.2) is 103 Å². The maximum Gasteiger partial charge on any atom is 0.115 e. The minimum Gasteiger partial charge on any atom is -0.379 e. The lowest BCUT2D eigenvalue weighted by atomic mass is 9.86. The number of rotatable bonds is 15. The molecule has 0 unspecified atom stereocenters. The van der Waals surface area contributed by atoms with Crippen LogP contribution in [0.25, 0.3) is 0 Å². The summed E-state index contributed by atoms with van der Waals surface area (Å²) >= 11 is 4.07. The Morgan fingerprint density at radius 2 is 1.44 bits per heavy atom. The highest BCUT2D eigenvalue weighted by Crippen LogP contribution is 2.48. The molecule has 296 valence electrons. The van der Waals surface area contributed by atoms with Crippen molar-refractivity contribution in [3.8, 4) is 12.3 Å². The molecular weight excluding hydrogens is 733 g/mol.